The largest absolute Gasteiger partial charge is 0.355 e. The number of nitrogens with one attached hydrogen (secondary N) is 2. The first-order chi connectivity index (χ1) is 8.18. The molecule has 1 amide bonds. The maximum absolute atomic E-state index is 11.4. The molecule has 1 fully saturated rings. The van der Waals surface area contributed by atoms with Crippen LogP contribution in [-0.4, -0.2) is 25.5 Å². The molecular formula is C14H28N2O. The monoisotopic (exact) mass is 240 g/mol. The first-order valence-corrected chi connectivity index (χ1v) is 7.16. The molecule has 2 N–H and O–H groups in total. The number of amides is 1. The fourth-order valence-electron chi connectivity index (χ4n) is 2.37. The first kappa shape index (κ1) is 14.5. The van der Waals surface area contributed by atoms with E-state index in [-0.39, 0.29) is 5.91 Å². The van der Waals surface area contributed by atoms with Crippen LogP contribution in [0.4, 0.5) is 0 Å². The fourth-order valence-corrected chi connectivity index (χ4v) is 2.37. The second-order valence-corrected chi connectivity index (χ2v) is 5.65. The SMILES string of the molecule is CC(C)CCNC(=O)CNCCC1CCCC1. The Labute approximate surface area is 106 Å². The summed E-state index contributed by atoms with van der Waals surface area (Å²) < 4.78 is 0. The van der Waals surface area contributed by atoms with Crippen molar-refractivity contribution in [3.63, 3.8) is 0 Å². The lowest BCUT2D eigenvalue weighted by molar-refractivity contribution is -0.120. The highest BCUT2D eigenvalue weighted by Crippen LogP contribution is 2.26. The molecule has 3 nitrogen and oxygen atoms in total. The van der Waals surface area contributed by atoms with Crippen molar-refractivity contribution in [2.75, 3.05) is 19.6 Å². The van der Waals surface area contributed by atoms with Crippen LogP contribution < -0.4 is 10.6 Å². The van der Waals surface area contributed by atoms with E-state index in [9.17, 15) is 4.79 Å². The summed E-state index contributed by atoms with van der Waals surface area (Å²) in [5, 5.41) is 6.18. The third-order valence-corrected chi connectivity index (χ3v) is 3.53. The molecule has 0 aliphatic heterocycles. The molecule has 1 rings (SSSR count). The minimum Gasteiger partial charge on any atom is -0.355 e. The number of rotatable bonds is 8. The van der Waals surface area contributed by atoms with Crippen LogP contribution in [0.2, 0.25) is 0 Å². The van der Waals surface area contributed by atoms with Gasteiger partial charge in [-0.05, 0) is 31.2 Å². The molecule has 100 valence electrons. The van der Waals surface area contributed by atoms with Crippen molar-refractivity contribution in [1.82, 2.24) is 10.6 Å². The summed E-state index contributed by atoms with van der Waals surface area (Å²) >= 11 is 0. The second-order valence-electron chi connectivity index (χ2n) is 5.65. The number of hydrogen-bond donors (Lipinski definition) is 2. The molecule has 0 bridgehead atoms. The standard InChI is InChI=1S/C14H28N2O/c1-12(2)7-10-16-14(17)11-15-9-8-13-5-3-4-6-13/h12-13,15H,3-11H2,1-2H3,(H,16,17). The van der Waals surface area contributed by atoms with E-state index in [2.05, 4.69) is 24.5 Å². The average Bonchev–Trinajstić information content (AvgIpc) is 2.76. The minimum atomic E-state index is 0.136. The summed E-state index contributed by atoms with van der Waals surface area (Å²) in [5.41, 5.74) is 0. The Kier molecular flexibility index (Phi) is 7.25. The van der Waals surface area contributed by atoms with Crippen molar-refractivity contribution in [3.05, 3.63) is 0 Å². The number of carbonyl (C=O) groups excluding carboxylic acids is 1. The number of hydrogen-bond acceptors (Lipinski definition) is 2. The van der Waals surface area contributed by atoms with Gasteiger partial charge in [-0.1, -0.05) is 39.5 Å². The minimum absolute atomic E-state index is 0.136. The molecule has 0 aromatic rings. The molecular weight excluding hydrogens is 212 g/mol. The third kappa shape index (κ3) is 7.37. The smallest absolute Gasteiger partial charge is 0.233 e. The Morgan fingerprint density at radius 1 is 1.24 bits per heavy atom. The van der Waals surface area contributed by atoms with E-state index in [1.165, 1.54) is 32.1 Å². The molecule has 3 heteroatoms. The summed E-state index contributed by atoms with van der Waals surface area (Å²) in [6.07, 6.45) is 7.89. The molecule has 17 heavy (non-hydrogen) atoms. The summed E-state index contributed by atoms with van der Waals surface area (Å²) in [6.45, 7) is 6.62. The molecule has 1 saturated carbocycles. The van der Waals surface area contributed by atoms with Gasteiger partial charge in [-0.15, -0.1) is 0 Å². The molecule has 0 heterocycles. The molecule has 0 aromatic carbocycles. The lowest BCUT2D eigenvalue weighted by atomic mass is 10.0. The molecule has 0 aromatic heterocycles. The maximum atomic E-state index is 11.4. The van der Waals surface area contributed by atoms with E-state index >= 15 is 0 Å². The molecule has 1 aliphatic rings. The van der Waals surface area contributed by atoms with Gasteiger partial charge in [-0.2, -0.15) is 0 Å². The Morgan fingerprint density at radius 2 is 1.94 bits per heavy atom. The van der Waals surface area contributed by atoms with Crippen LogP contribution in [0.25, 0.3) is 0 Å². The van der Waals surface area contributed by atoms with E-state index in [1.54, 1.807) is 0 Å². The predicted molar refractivity (Wildman–Crippen MR) is 71.9 cm³/mol. The van der Waals surface area contributed by atoms with Gasteiger partial charge in [0.1, 0.15) is 0 Å². The third-order valence-electron chi connectivity index (χ3n) is 3.53. The molecule has 0 radical (unpaired) electrons. The van der Waals surface area contributed by atoms with E-state index < -0.39 is 0 Å². The van der Waals surface area contributed by atoms with Crippen LogP contribution in [0, 0.1) is 11.8 Å². The van der Waals surface area contributed by atoms with E-state index in [0.29, 0.717) is 12.5 Å². The normalized spacial score (nSPS) is 16.6. The molecule has 0 unspecified atom stereocenters. The van der Waals surface area contributed by atoms with E-state index in [1.807, 2.05) is 0 Å². The van der Waals surface area contributed by atoms with Crippen LogP contribution in [-0.2, 0) is 4.79 Å². The van der Waals surface area contributed by atoms with Crippen LogP contribution >= 0.6 is 0 Å². The lowest BCUT2D eigenvalue weighted by Crippen LogP contribution is -2.35. The van der Waals surface area contributed by atoms with Crippen molar-refractivity contribution in [1.29, 1.82) is 0 Å². The van der Waals surface area contributed by atoms with Crippen molar-refractivity contribution < 1.29 is 4.79 Å². The summed E-state index contributed by atoms with van der Waals surface area (Å²) in [7, 11) is 0. The Balaban J connectivity index is 1.89. The highest BCUT2D eigenvalue weighted by Gasteiger charge is 2.14. The summed E-state index contributed by atoms with van der Waals surface area (Å²) in [4.78, 5) is 11.4. The second kappa shape index (κ2) is 8.51. The Bertz CT molecular complexity index is 210. The summed E-state index contributed by atoms with van der Waals surface area (Å²) in [5.74, 6) is 1.70. The highest BCUT2D eigenvalue weighted by molar-refractivity contribution is 5.77. The lowest BCUT2D eigenvalue weighted by Gasteiger charge is -2.10. The molecule has 0 spiro atoms. The van der Waals surface area contributed by atoms with Gasteiger partial charge in [0.15, 0.2) is 0 Å². The van der Waals surface area contributed by atoms with Gasteiger partial charge in [-0.25, -0.2) is 0 Å². The molecule has 1 aliphatic carbocycles. The fraction of sp³-hybridized carbons (Fsp3) is 0.929. The summed E-state index contributed by atoms with van der Waals surface area (Å²) in [6, 6.07) is 0. The Hall–Kier alpha value is -0.570. The quantitative estimate of drug-likeness (QED) is 0.639. The zero-order valence-corrected chi connectivity index (χ0v) is 11.4. The van der Waals surface area contributed by atoms with Crippen molar-refractivity contribution in [2.45, 2.75) is 52.4 Å². The zero-order valence-electron chi connectivity index (χ0n) is 11.4. The van der Waals surface area contributed by atoms with Gasteiger partial charge in [0.25, 0.3) is 0 Å². The zero-order chi connectivity index (χ0) is 12.5. The average molecular weight is 240 g/mol. The van der Waals surface area contributed by atoms with Crippen LogP contribution in [0.5, 0.6) is 0 Å². The van der Waals surface area contributed by atoms with Gasteiger partial charge < -0.3 is 10.6 Å². The Morgan fingerprint density at radius 3 is 2.59 bits per heavy atom. The van der Waals surface area contributed by atoms with Gasteiger partial charge in [-0.3, -0.25) is 4.79 Å². The van der Waals surface area contributed by atoms with Gasteiger partial charge in [0.2, 0.25) is 5.91 Å². The van der Waals surface area contributed by atoms with Crippen LogP contribution in [0.3, 0.4) is 0 Å². The van der Waals surface area contributed by atoms with Crippen molar-refractivity contribution >= 4 is 5.91 Å². The number of carbonyl (C=O) groups is 1. The van der Waals surface area contributed by atoms with Crippen molar-refractivity contribution in [2.24, 2.45) is 11.8 Å². The maximum Gasteiger partial charge on any atom is 0.233 e. The van der Waals surface area contributed by atoms with E-state index in [0.717, 1.165) is 25.4 Å². The van der Waals surface area contributed by atoms with Crippen LogP contribution in [0.1, 0.15) is 52.4 Å². The topological polar surface area (TPSA) is 41.1 Å². The predicted octanol–water partition coefficient (Wildman–Crippen LogP) is 2.32. The highest BCUT2D eigenvalue weighted by atomic mass is 16.1. The van der Waals surface area contributed by atoms with Gasteiger partial charge >= 0.3 is 0 Å². The van der Waals surface area contributed by atoms with Crippen molar-refractivity contribution in [3.8, 4) is 0 Å². The molecule has 0 saturated heterocycles. The first-order valence-electron chi connectivity index (χ1n) is 7.16. The van der Waals surface area contributed by atoms with Crippen LogP contribution in [0.15, 0.2) is 0 Å². The van der Waals surface area contributed by atoms with E-state index in [4.69, 9.17) is 0 Å². The molecule has 0 atom stereocenters. The van der Waals surface area contributed by atoms with Gasteiger partial charge in [0, 0.05) is 6.54 Å². The van der Waals surface area contributed by atoms with Gasteiger partial charge in [0.05, 0.1) is 6.54 Å².